The smallest absolute Gasteiger partial charge is 0.196 e. The molecule has 1 atom stereocenters. The first-order chi connectivity index (χ1) is 10.8. The number of carbonyl (C=O) groups is 2. The molecule has 0 saturated heterocycles. The number of fused-ring (bicyclic) bond motifs is 1. The number of carbonyl (C=O) groups excluding carboxylic acids is 2. The van der Waals surface area contributed by atoms with Crippen LogP contribution in [0.2, 0.25) is 0 Å². The van der Waals surface area contributed by atoms with Gasteiger partial charge in [0.2, 0.25) is 0 Å². The SMILES string of the molecule is COc1cc(O)c2c(c1O)C(=O)C1=C(CO[C@](C)(OC)C1)C2=O. The second kappa shape index (κ2) is 5.07. The molecule has 1 heterocycles. The Labute approximate surface area is 132 Å². The van der Waals surface area contributed by atoms with Crippen molar-refractivity contribution in [2.24, 2.45) is 0 Å². The summed E-state index contributed by atoms with van der Waals surface area (Å²) in [6.45, 7) is 1.56. The van der Waals surface area contributed by atoms with Gasteiger partial charge < -0.3 is 24.4 Å². The number of methoxy groups -OCH3 is 2. The van der Waals surface area contributed by atoms with Crippen molar-refractivity contribution in [1.29, 1.82) is 0 Å². The highest BCUT2D eigenvalue weighted by molar-refractivity contribution is 6.29. The molecule has 0 spiro atoms. The Bertz CT molecular complexity index is 762. The Kier molecular flexibility index (Phi) is 3.42. The number of benzene rings is 1. The Balaban J connectivity index is 2.21. The monoisotopic (exact) mass is 320 g/mol. The molecule has 7 heteroatoms. The normalized spacial score (nSPS) is 23.6. The molecule has 23 heavy (non-hydrogen) atoms. The van der Waals surface area contributed by atoms with E-state index in [1.165, 1.54) is 14.2 Å². The quantitative estimate of drug-likeness (QED) is 0.797. The maximum Gasteiger partial charge on any atom is 0.196 e. The van der Waals surface area contributed by atoms with Gasteiger partial charge in [0.1, 0.15) is 5.75 Å². The maximum atomic E-state index is 12.8. The molecule has 2 aliphatic rings. The molecule has 2 N–H and O–H groups in total. The Morgan fingerprint density at radius 1 is 1.13 bits per heavy atom. The lowest BCUT2D eigenvalue weighted by molar-refractivity contribution is -0.208. The van der Waals surface area contributed by atoms with E-state index in [-0.39, 0.29) is 41.1 Å². The number of phenolic OH excluding ortho intramolecular Hbond substituents is 2. The van der Waals surface area contributed by atoms with Crippen molar-refractivity contribution in [3.63, 3.8) is 0 Å². The third-order valence-electron chi connectivity index (χ3n) is 4.28. The minimum Gasteiger partial charge on any atom is -0.507 e. The molecule has 0 aromatic heterocycles. The molecular formula is C16H16O7. The average molecular weight is 320 g/mol. The van der Waals surface area contributed by atoms with Crippen LogP contribution in [-0.2, 0) is 9.47 Å². The highest BCUT2D eigenvalue weighted by atomic mass is 16.7. The minimum absolute atomic E-state index is 0.0697. The summed E-state index contributed by atoms with van der Waals surface area (Å²) < 4.78 is 15.7. The van der Waals surface area contributed by atoms with Gasteiger partial charge in [-0.3, -0.25) is 9.59 Å². The van der Waals surface area contributed by atoms with Crippen LogP contribution >= 0.6 is 0 Å². The third kappa shape index (κ3) is 2.12. The molecule has 3 rings (SSSR count). The molecule has 1 aliphatic heterocycles. The number of aromatic hydroxyl groups is 2. The molecule has 122 valence electrons. The Morgan fingerprint density at radius 3 is 2.39 bits per heavy atom. The molecule has 0 unspecified atom stereocenters. The number of phenols is 2. The minimum atomic E-state index is -1.02. The number of Topliss-reactive ketones (excluding diaryl/α,β-unsaturated/α-hetero) is 2. The van der Waals surface area contributed by atoms with E-state index >= 15 is 0 Å². The maximum absolute atomic E-state index is 12.8. The lowest BCUT2D eigenvalue weighted by Gasteiger charge is -2.36. The molecule has 1 aliphatic carbocycles. The van der Waals surface area contributed by atoms with Gasteiger partial charge in [-0.15, -0.1) is 0 Å². The van der Waals surface area contributed by atoms with Gasteiger partial charge in [-0.25, -0.2) is 0 Å². The van der Waals surface area contributed by atoms with Crippen LogP contribution in [0.1, 0.15) is 34.1 Å². The zero-order valence-corrected chi connectivity index (χ0v) is 12.9. The summed E-state index contributed by atoms with van der Waals surface area (Å²) in [6.07, 6.45) is 0.0697. The van der Waals surface area contributed by atoms with Crippen LogP contribution < -0.4 is 4.74 Å². The van der Waals surface area contributed by atoms with Crippen molar-refractivity contribution in [3.05, 3.63) is 28.3 Å². The highest BCUT2D eigenvalue weighted by Gasteiger charge is 2.44. The van der Waals surface area contributed by atoms with Crippen LogP contribution in [0.3, 0.4) is 0 Å². The van der Waals surface area contributed by atoms with E-state index in [0.717, 1.165) is 6.07 Å². The Morgan fingerprint density at radius 2 is 1.78 bits per heavy atom. The predicted molar refractivity (Wildman–Crippen MR) is 78.0 cm³/mol. The number of hydrogen-bond acceptors (Lipinski definition) is 7. The van der Waals surface area contributed by atoms with Gasteiger partial charge in [0.15, 0.2) is 28.9 Å². The second-order valence-electron chi connectivity index (χ2n) is 5.62. The van der Waals surface area contributed by atoms with Crippen LogP contribution in [0.5, 0.6) is 17.2 Å². The molecule has 0 amide bonds. The molecule has 0 radical (unpaired) electrons. The fourth-order valence-corrected chi connectivity index (χ4v) is 2.88. The summed E-state index contributed by atoms with van der Waals surface area (Å²) in [7, 11) is 2.73. The first-order valence-electron chi connectivity index (χ1n) is 6.96. The lowest BCUT2D eigenvalue weighted by Crippen LogP contribution is -2.41. The predicted octanol–water partition coefficient (Wildman–Crippen LogP) is 1.56. The third-order valence-corrected chi connectivity index (χ3v) is 4.28. The van der Waals surface area contributed by atoms with Crippen LogP contribution in [0.25, 0.3) is 0 Å². The van der Waals surface area contributed by atoms with Crippen molar-refractivity contribution < 1.29 is 34.0 Å². The van der Waals surface area contributed by atoms with E-state index in [1.54, 1.807) is 6.92 Å². The second-order valence-corrected chi connectivity index (χ2v) is 5.62. The molecule has 1 aromatic rings. The van der Waals surface area contributed by atoms with E-state index < -0.39 is 28.9 Å². The summed E-state index contributed by atoms with van der Waals surface area (Å²) in [5.74, 6) is -3.05. The molecule has 0 saturated carbocycles. The van der Waals surface area contributed by atoms with Gasteiger partial charge in [-0.2, -0.15) is 0 Å². The Hall–Kier alpha value is -2.38. The van der Waals surface area contributed by atoms with Crippen molar-refractivity contribution >= 4 is 11.6 Å². The fraction of sp³-hybridized carbons (Fsp3) is 0.375. The number of ether oxygens (including phenoxy) is 3. The van der Waals surface area contributed by atoms with Crippen molar-refractivity contribution in [3.8, 4) is 17.2 Å². The van der Waals surface area contributed by atoms with Crippen LogP contribution in [0.15, 0.2) is 17.2 Å². The van der Waals surface area contributed by atoms with Crippen molar-refractivity contribution in [2.75, 3.05) is 20.8 Å². The summed E-state index contributed by atoms with van der Waals surface area (Å²) in [4.78, 5) is 25.4. The molecular weight excluding hydrogens is 304 g/mol. The topological polar surface area (TPSA) is 102 Å². The summed E-state index contributed by atoms with van der Waals surface area (Å²) in [5, 5.41) is 20.3. The summed E-state index contributed by atoms with van der Waals surface area (Å²) in [5.41, 5.74) is -0.0689. The molecule has 1 aromatic carbocycles. The van der Waals surface area contributed by atoms with Gasteiger partial charge in [-0.1, -0.05) is 0 Å². The van der Waals surface area contributed by atoms with E-state index in [1.807, 2.05) is 0 Å². The fourth-order valence-electron chi connectivity index (χ4n) is 2.88. The molecule has 0 bridgehead atoms. The van der Waals surface area contributed by atoms with E-state index in [0.29, 0.717) is 0 Å². The number of ketones is 2. The van der Waals surface area contributed by atoms with Crippen LogP contribution in [0.4, 0.5) is 0 Å². The number of rotatable bonds is 2. The summed E-state index contributed by atoms with van der Waals surface area (Å²) >= 11 is 0. The first-order valence-corrected chi connectivity index (χ1v) is 6.96. The average Bonchev–Trinajstić information content (AvgIpc) is 2.54. The number of hydrogen-bond donors (Lipinski definition) is 2. The van der Waals surface area contributed by atoms with Crippen molar-refractivity contribution in [1.82, 2.24) is 0 Å². The molecule has 7 nitrogen and oxygen atoms in total. The lowest BCUT2D eigenvalue weighted by atomic mass is 9.79. The molecule has 0 fully saturated rings. The van der Waals surface area contributed by atoms with E-state index in [4.69, 9.17) is 14.2 Å². The van der Waals surface area contributed by atoms with Gasteiger partial charge in [-0.05, 0) is 6.92 Å². The van der Waals surface area contributed by atoms with Crippen LogP contribution in [0, 0.1) is 0 Å². The van der Waals surface area contributed by atoms with Gasteiger partial charge in [0.25, 0.3) is 0 Å². The summed E-state index contributed by atoms with van der Waals surface area (Å²) in [6, 6.07) is 1.11. The van der Waals surface area contributed by atoms with E-state index in [9.17, 15) is 19.8 Å². The van der Waals surface area contributed by atoms with Gasteiger partial charge >= 0.3 is 0 Å². The van der Waals surface area contributed by atoms with Crippen LogP contribution in [-0.4, -0.2) is 48.4 Å². The van der Waals surface area contributed by atoms with Gasteiger partial charge in [0.05, 0.1) is 24.8 Å². The van der Waals surface area contributed by atoms with Gasteiger partial charge in [0, 0.05) is 30.7 Å². The van der Waals surface area contributed by atoms with Crippen molar-refractivity contribution in [2.45, 2.75) is 19.1 Å². The first kappa shape index (κ1) is 15.5. The standard InChI is InChI=1S/C16H16O7/c1-16(22-3)5-7-8(6-23-16)14(19)11-9(17)4-10(21-2)15(20)12(11)13(7)18/h4,17,20H,5-6H2,1-3H3/t16-/m0/s1. The highest BCUT2D eigenvalue weighted by Crippen LogP contribution is 2.45. The largest absolute Gasteiger partial charge is 0.507 e. The zero-order chi connectivity index (χ0) is 16.9. The zero-order valence-electron chi connectivity index (χ0n) is 12.9. The van der Waals surface area contributed by atoms with E-state index in [2.05, 4.69) is 0 Å².